The van der Waals surface area contributed by atoms with Crippen molar-refractivity contribution < 1.29 is 18.0 Å². The van der Waals surface area contributed by atoms with Crippen LogP contribution in [0, 0.1) is 11.6 Å². The quantitative estimate of drug-likeness (QED) is 0.570. The van der Waals surface area contributed by atoms with Crippen molar-refractivity contribution in [1.29, 1.82) is 0 Å². The predicted octanol–water partition coefficient (Wildman–Crippen LogP) is 3.98. The average molecular weight is 394 g/mol. The van der Waals surface area contributed by atoms with Gasteiger partial charge in [0.15, 0.2) is 0 Å². The summed E-state index contributed by atoms with van der Waals surface area (Å²) in [5.41, 5.74) is 1.55. The molecule has 0 aliphatic carbocycles. The zero-order valence-electron chi connectivity index (χ0n) is 14.9. The summed E-state index contributed by atoms with van der Waals surface area (Å²) < 4.78 is 45.1. The maximum Gasteiger partial charge on any atom is 0.210 e. The molecule has 0 saturated carbocycles. The molecule has 1 N–H and O–H groups in total. The molecule has 3 atom stereocenters. The van der Waals surface area contributed by atoms with E-state index in [1.54, 1.807) is 18.2 Å². The number of alkyl halides is 1. The fraction of sp³-hybridized carbons (Fsp3) is 0.350. The lowest BCUT2D eigenvalue weighted by molar-refractivity contribution is -0.119. The van der Waals surface area contributed by atoms with E-state index in [4.69, 9.17) is 0 Å². The van der Waals surface area contributed by atoms with Gasteiger partial charge in [0.05, 0.1) is 18.6 Å². The Morgan fingerprint density at radius 2 is 2.07 bits per heavy atom. The first kappa shape index (κ1) is 19.8. The van der Waals surface area contributed by atoms with Crippen molar-refractivity contribution in [1.82, 2.24) is 9.62 Å². The number of rotatable bonds is 7. The van der Waals surface area contributed by atoms with Gasteiger partial charge < -0.3 is 4.90 Å². The third-order valence-corrected chi connectivity index (χ3v) is 5.45. The highest BCUT2D eigenvalue weighted by molar-refractivity contribution is 7.97. The highest BCUT2D eigenvalue weighted by Gasteiger charge is 2.41. The second-order valence-corrected chi connectivity index (χ2v) is 7.59. The first-order chi connectivity index (χ1) is 13.0. The van der Waals surface area contributed by atoms with Crippen LogP contribution >= 0.6 is 11.9 Å². The van der Waals surface area contributed by atoms with Crippen molar-refractivity contribution in [2.24, 2.45) is 0 Å². The minimum Gasteiger partial charge on any atom is -0.337 e. The smallest absolute Gasteiger partial charge is 0.210 e. The van der Waals surface area contributed by atoms with Crippen molar-refractivity contribution >= 4 is 18.4 Å². The molecule has 2 aromatic rings. The summed E-state index contributed by atoms with van der Waals surface area (Å²) in [6, 6.07) is 9.57. The SMILES string of the molecule is CCSNC1C(F)CN(C=O)C1Cc1cccc(-c2cc(F)ccc2F)c1. The number of hydrogen-bond acceptors (Lipinski definition) is 3. The van der Waals surface area contributed by atoms with Crippen LogP contribution in [0.3, 0.4) is 0 Å². The number of benzene rings is 2. The van der Waals surface area contributed by atoms with Crippen LogP contribution in [0.5, 0.6) is 0 Å². The molecule has 1 aliphatic heterocycles. The Bertz CT molecular complexity index is 805. The minimum absolute atomic E-state index is 0.0499. The molecule has 0 spiro atoms. The summed E-state index contributed by atoms with van der Waals surface area (Å²) in [6.07, 6.45) is -0.0552. The summed E-state index contributed by atoms with van der Waals surface area (Å²) >= 11 is 1.42. The van der Waals surface area contributed by atoms with Crippen LogP contribution < -0.4 is 4.72 Å². The van der Waals surface area contributed by atoms with E-state index in [1.807, 2.05) is 13.0 Å². The van der Waals surface area contributed by atoms with E-state index in [0.717, 1.165) is 29.5 Å². The Morgan fingerprint density at radius 3 is 2.81 bits per heavy atom. The van der Waals surface area contributed by atoms with Gasteiger partial charge >= 0.3 is 0 Å². The topological polar surface area (TPSA) is 32.3 Å². The maximum atomic E-state index is 14.4. The Hall–Kier alpha value is -1.99. The molecule has 1 heterocycles. The number of amides is 1. The monoisotopic (exact) mass is 394 g/mol. The second-order valence-electron chi connectivity index (χ2n) is 6.49. The van der Waals surface area contributed by atoms with E-state index >= 15 is 0 Å². The lowest BCUT2D eigenvalue weighted by Crippen LogP contribution is -2.43. The molecule has 1 fully saturated rings. The van der Waals surface area contributed by atoms with Crippen LogP contribution in [-0.4, -0.2) is 41.9 Å². The minimum atomic E-state index is -1.15. The molecular weight excluding hydrogens is 373 g/mol. The Kier molecular flexibility index (Phi) is 6.44. The van der Waals surface area contributed by atoms with Gasteiger partial charge in [-0.2, -0.15) is 0 Å². The van der Waals surface area contributed by atoms with Gasteiger partial charge in [0.25, 0.3) is 0 Å². The van der Waals surface area contributed by atoms with Crippen molar-refractivity contribution in [2.75, 3.05) is 12.3 Å². The standard InChI is InChI=1S/C20H21F3N2OS/c1-2-27-24-20-18(23)11-25(12-26)19(20)9-13-4-3-5-14(8-13)16-10-15(21)6-7-17(16)22/h3-8,10,12,18-20,24H,2,9,11H2,1H3. The lowest BCUT2D eigenvalue weighted by Gasteiger charge is -2.25. The fourth-order valence-electron chi connectivity index (χ4n) is 3.42. The van der Waals surface area contributed by atoms with Gasteiger partial charge in [-0.15, -0.1) is 0 Å². The highest BCUT2D eigenvalue weighted by Crippen LogP contribution is 2.28. The van der Waals surface area contributed by atoms with Gasteiger partial charge in [-0.1, -0.05) is 43.1 Å². The molecule has 144 valence electrons. The van der Waals surface area contributed by atoms with Gasteiger partial charge in [0.1, 0.15) is 17.8 Å². The molecule has 3 nitrogen and oxygen atoms in total. The van der Waals surface area contributed by atoms with Gasteiger partial charge in [-0.25, -0.2) is 13.2 Å². The van der Waals surface area contributed by atoms with Crippen LogP contribution in [-0.2, 0) is 11.2 Å². The number of nitrogens with one attached hydrogen (secondary N) is 1. The van der Waals surface area contributed by atoms with Crippen LogP contribution in [0.2, 0.25) is 0 Å². The average Bonchev–Trinajstić information content (AvgIpc) is 2.96. The van der Waals surface area contributed by atoms with E-state index in [9.17, 15) is 18.0 Å². The van der Waals surface area contributed by atoms with Crippen molar-refractivity contribution in [2.45, 2.75) is 31.6 Å². The van der Waals surface area contributed by atoms with Crippen LogP contribution in [0.25, 0.3) is 11.1 Å². The zero-order valence-corrected chi connectivity index (χ0v) is 15.7. The molecule has 0 radical (unpaired) electrons. The summed E-state index contributed by atoms with van der Waals surface area (Å²) in [4.78, 5) is 12.8. The Balaban J connectivity index is 1.86. The van der Waals surface area contributed by atoms with E-state index in [0.29, 0.717) is 18.4 Å². The normalized spacial score (nSPS) is 22.2. The number of hydrogen-bond donors (Lipinski definition) is 1. The molecular formula is C20H21F3N2OS. The summed E-state index contributed by atoms with van der Waals surface area (Å²) in [7, 11) is 0. The maximum absolute atomic E-state index is 14.4. The van der Waals surface area contributed by atoms with Crippen molar-refractivity contribution in [3.05, 3.63) is 59.7 Å². The number of carbonyl (C=O) groups is 1. The first-order valence-corrected chi connectivity index (χ1v) is 9.78. The highest BCUT2D eigenvalue weighted by atomic mass is 32.2. The summed E-state index contributed by atoms with van der Waals surface area (Å²) in [6.45, 7) is 2.01. The number of nitrogens with zero attached hydrogens (tertiary/aromatic N) is 1. The van der Waals surface area contributed by atoms with E-state index in [2.05, 4.69) is 4.72 Å². The molecule has 2 aromatic carbocycles. The third kappa shape index (κ3) is 4.47. The van der Waals surface area contributed by atoms with E-state index < -0.39 is 23.8 Å². The molecule has 3 rings (SSSR count). The molecule has 1 aliphatic rings. The van der Waals surface area contributed by atoms with Crippen LogP contribution in [0.15, 0.2) is 42.5 Å². The Morgan fingerprint density at radius 1 is 1.26 bits per heavy atom. The third-order valence-electron chi connectivity index (χ3n) is 4.73. The van der Waals surface area contributed by atoms with Crippen molar-refractivity contribution in [3.63, 3.8) is 0 Å². The fourth-order valence-corrected chi connectivity index (χ4v) is 4.08. The van der Waals surface area contributed by atoms with E-state index in [1.165, 1.54) is 16.8 Å². The number of halogens is 3. The molecule has 0 aromatic heterocycles. The molecule has 7 heteroatoms. The van der Waals surface area contributed by atoms with Crippen LogP contribution in [0.1, 0.15) is 12.5 Å². The van der Waals surface area contributed by atoms with Gasteiger partial charge in [-0.05, 0) is 35.7 Å². The number of carbonyl (C=O) groups excluding carboxylic acids is 1. The van der Waals surface area contributed by atoms with Gasteiger partial charge in [-0.3, -0.25) is 9.52 Å². The molecule has 1 saturated heterocycles. The summed E-state index contributed by atoms with van der Waals surface area (Å²) in [5.74, 6) is -0.238. The van der Waals surface area contributed by atoms with Gasteiger partial charge in [0.2, 0.25) is 6.41 Å². The molecule has 27 heavy (non-hydrogen) atoms. The predicted molar refractivity (Wildman–Crippen MR) is 102 cm³/mol. The van der Waals surface area contributed by atoms with E-state index in [-0.39, 0.29) is 18.2 Å². The first-order valence-electron chi connectivity index (χ1n) is 8.80. The largest absolute Gasteiger partial charge is 0.337 e. The second kappa shape index (κ2) is 8.80. The van der Waals surface area contributed by atoms with Crippen LogP contribution in [0.4, 0.5) is 13.2 Å². The zero-order chi connectivity index (χ0) is 19.4. The molecule has 1 amide bonds. The Labute approximate surface area is 161 Å². The molecule has 0 bridgehead atoms. The summed E-state index contributed by atoms with van der Waals surface area (Å²) in [5, 5.41) is 0. The molecule has 3 unspecified atom stereocenters. The van der Waals surface area contributed by atoms with Gasteiger partial charge in [0, 0.05) is 11.3 Å². The lowest BCUT2D eigenvalue weighted by atomic mass is 9.96. The van der Waals surface area contributed by atoms with Crippen molar-refractivity contribution in [3.8, 4) is 11.1 Å². The number of likely N-dealkylation sites (tertiary alicyclic amines) is 1.